The molecule has 2 aromatic rings. The van der Waals surface area contributed by atoms with Crippen molar-refractivity contribution in [3.05, 3.63) is 30.1 Å². The summed E-state index contributed by atoms with van der Waals surface area (Å²) in [7, 11) is 0. The fraction of sp³-hybridized carbons (Fsp3) is 0.526. The van der Waals surface area contributed by atoms with Gasteiger partial charge in [-0.2, -0.15) is 0 Å². The van der Waals surface area contributed by atoms with E-state index in [1.807, 2.05) is 6.07 Å². The second kappa shape index (κ2) is 7.60. The maximum atomic E-state index is 12.4. The Morgan fingerprint density at radius 2 is 2.25 bits per heavy atom. The SMILES string of the molecule is CCCCNC(=O)C1CCCN(c2ncnc3ccc(C)cc23)C1. The van der Waals surface area contributed by atoms with Gasteiger partial charge in [-0.3, -0.25) is 4.79 Å². The Hall–Kier alpha value is -2.17. The Balaban J connectivity index is 1.77. The normalized spacial score (nSPS) is 17.9. The maximum absolute atomic E-state index is 12.4. The number of anilines is 1. The van der Waals surface area contributed by atoms with Crippen molar-refractivity contribution in [2.75, 3.05) is 24.5 Å². The van der Waals surface area contributed by atoms with Gasteiger partial charge in [-0.15, -0.1) is 0 Å². The summed E-state index contributed by atoms with van der Waals surface area (Å²) in [6.45, 7) is 6.67. The van der Waals surface area contributed by atoms with E-state index in [-0.39, 0.29) is 11.8 Å². The second-order valence-electron chi connectivity index (χ2n) is 6.65. The van der Waals surface area contributed by atoms with E-state index in [0.717, 1.165) is 62.0 Å². The van der Waals surface area contributed by atoms with Crippen LogP contribution in [0.3, 0.4) is 0 Å². The van der Waals surface area contributed by atoms with E-state index in [4.69, 9.17) is 0 Å². The first-order valence-electron chi connectivity index (χ1n) is 8.93. The minimum atomic E-state index is 0.0467. The average molecular weight is 326 g/mol. The number of fused-ring (bicyclic) bond motifs is 1. The molecule has 0 radical (unpaired) electrons. The molecule has 0 saturated carbocycles. The quantitative estimate of drug-likeness (QED) is 0.858. The zero-order valence-electron chi connectivity index (χ0n) is 14.6. The van der Waals surface area contributed by atoms with Crippen molar-refractivity contribution in [3.63, 3.8) is 0 Å². The molecule has 1 aliphatic heterocycles. The molecular formula is C19H26N4O. The third-order valence-corrected chi connectivity index (χ3v) is 4.69. The number of nitrogens with zero attached hydrogens (tertiary/aromatic N) is 3. The van der Waals surface area contributed by atoms with E-state index in [2.05, 4.69) is 46.2 Å². The number of aromatic nitrogens is 2. The van der Waals surface area contributed by atoms with E-state index in [9.17, 15) is 4.79 Å². The lowest BCUT2D eigenvalue weighted by Gasteiger charge is -2.33. The summed E-state index contributed by atoms with van der Waals surface area (Å²) in [5, 5.41) is 4.15. The van der Waals surface area contributed by atoms with Gasteiger partial charge in [0, 0.05) is 25.0 Å². The first-order chi connectivity index (χ1) is 11.7. The van der Waals surface area contributed by atoms with Crippen molar-refractivity contribution in [1.82, 2.24) is 15.3 Å². The van der Waals surface area contributed by atoms with E-state index in [1.54, 1.807) is 6.33 Å². The third kappa shape index (κ3) is 3.66. The van der Waals surface area contributed by atoms with E-state index < -0.39 is 0 Å². The first-order valence-corrected chi connectivity index (χ1v) is 8.93. The predicted octanol–water partition coefficient (Wildman–Crippen LogP) is 3.07. The van der Waals surface area contributed by atoms with Crippen molar-refractivity contribution < 1.29 is 4.79 Å². The molecule has 24 heavy (non-hydrogen) atoms. The Bertz CT molecular complexity index is 716. The van der Waals surface area contributed by atoms with Crippen molar-refractivity contribution in [3.8, 4) is 0 Å². The van der Waals surface area contributed by atoms with E-state index in [0.29, 0.717) is 0 Å². The van der Waals surface area contributed by atoms with Crippen LogP contribution in [0.15, 0.2) is 24.5 Å². The molecule has 0 aliphatic carbocycles. The molecule has 1 N–H and O–H groups in total. The number of rotatable bonds is 5. The molecule has 1 amide bonds. The predicted molar refractivity (Wildman–Crippen MR) is 97.1 cm³/mol. The van der Waals surface area contributed by atoms with Crippen LogP contribution in [0.2, 0.25) is 0 Å². The van der Waals surface area contributed by atoms with Gasteiger partial charge in [0.1, 0.15) is 12.1 Å². The largest absolute Gasteiger partial charge is 0.356 e. The highest BCUT2D eigenvalue weighted by atomic mass is 16.1. The number of amides is 1. The van der Waals surface area contributed by atoms with Crippen LogP contribution in [0.5, 0.6) is 0 Å². The second-order valence-corrected chi connectivity index (χ2v) is 6.65. The lowest BCUT2D eigenvalue weighted by Crippen LogP contribution is -2.43. The summed E-state index contributed by atoms with van der Waals surface area (Å²) in [6.07, 6.45) is 5.74. The maximum Gasteiger partial charge on any atom is 0.224 e. The molecule has 5 nitrogen and oxygen atoms in total. The molecule has 5 heteroatoms. The zero-order valence-corrected chi connectivity index (χ0v) is 14.6. The monoisotopic (exact) mass is 326 g/mol. The summed E-state index contributed by atoms with van der Waals surface area (Å²) < 4.78 is 0. The molecule has 1 aromatic heterocycles. The minimum absolute atomic E-state index is 0.0467. The number of benzene rings is 1. The lowest BCUT2D eigenvalue weighted by atomic mass is 9.96. The van der Waals surface area contributed by atoms with Gasteiger partial charge in [0.2, 0.25) is 5.91 Å². The Labute approximate surface area is 143 Å². The van der Waals surface area contributed by atoms with Crippen LogP contribution in [-0.2, 0) is 4.79 Å². The average Bonchev–Trinajstić information content (AvgIpc) is 2.61. The van der Waals surface area contributed by atoms with E-state index >= 15 is 0 Å². The molecule has 1 fully saturated rings. The molecule has 128 valence electrons. The first kappa shape index (κ1) is 16.7. The standard InChI is InChI=1S/C19H26N4O/c1-3-4-9-20-19(24)15-6-5-10-23(12-15)18-16-11-14(2)7-8-17(16)21-13-22-18/h7-8,11,13,15H,3-6,9-10,12H2,1-2H3,(H,20,24). The van der Waals surface area contributed by atoms with Gasteiger partial charge in [0.15, 0.2) is 0 Å². The summed E-state index contributed by atoms with van der Waals surface area (Å²) in [6, 6.07) is 6.24. The van der Waals surface area contributed by atoms with Crippen LogP contribution in [0.4, 0.5) is 5.82 Å². The van der Waals surface area contributed by atoms with Crippen LogP contribution < -0.4 is 10.2 Å². The van der Waals surface area contributed by atoms with Gasteiger partial charge in [0.05, 0.1) is 11.4 Å². The Morgan fingerprint density at radius 3 is 3.08 bits per heavy atom. The number of hydrogen-bond acceptors (Lipinski definition) is 4. The molecule has 2 heterocycles. The van der Waals surface area contributed by atoms with Gasteiger partial charge in [-0.1, -0.05) is 25.0 Å². The number of piperidine rings is 1. The minimum Gasteiger partial charge on any atom is -0.356 e. The van der Waals surface area contributed by atoms with Crippen LogP contribution in [-0.4, -0.2) is 35.5 Å². The fourth-order valence-corrected chi connectivity index (χ4v) is 3.33. The number of nitrogens with one attached hydrogen (secondary N) is 1. The van der Waals surface area contributed by atoms with Crippen molar-refractivity contribution in [2.24, 2.45) is 5.92 Å². The summed E-state index contributed by atoms with van der Waals surface area (Å²) in [5.41, 5.74) is 2.16. The van der Waals surface area contributed by atoms with Crippen LogP contribution in [0.1, 0.15) is 38.2 Å². The molecule has 1 atom stereocenters. The highest BCUT2D eigenvalue weighted by molar-refractivity contribution is 5.90. The Morgan fingerprint density at radius 1 is 1.38 bits per heavy atom. The number of unbranched alkanes of at least 4 members (excludes halogenated alkanes) is 1. The molecule has 1 saturated heterocycles. The number of carbonyl (C=O) groups excluding carboxylic acids is 1. The van der Waals surface area contributed by atoms with Crippen molar-refractivity contribution in [1.29, 1.82) is 0 Å². The van der Waals surface area contributed by atoms with Gasteiger partial charge >= 0.3 is 0 Å². The summed E-state index contributed by atoms with van der Waals surface area (Å²) >= 11 is 0. The molecular weight excluding hydrogens is 300 g/mol. The van der Waals surface area contributed by atoms with E-state index in [1.165, 1.54) is 5.56 Å². The third-order valence-electron chi connectivity index (χ3n) is 4.69. The topological polar surface area (TPSA) is 58.1 Å². The molecule has 1 aromatic carbocycles. The zero-order chi connectivity index (χ0) is 16.9. The number of aryl methyl sites for hydroxylation is 1. The smallest absolute Gasteiger partial charge is 0.224 e. The van der Waals surface area contributed by atoms with Crippen LogP contribution in [0, 0.1) is 12.8 Å². The lowest BCUT2D eigenvalue weighted by molar-refractivity contribution is -0.125. The molecule has 1 unspecified atom stereocenters. The molecule has 0 bridgehead atoms. The van der Waals surface area contributed by atoms with Crippen LogP contribution in [0.25, 0.3) is 10.9 Å². The number of hydrogen-bond donors (Lipinski definition) is 1. The summed E-state index contributed by atoms with van der Waals surface area (Å²) in [4.78, 5) is 23.5. The Kier molecular flexibility index (Phi) is 5.28. The van der Waals surface area contributed by atoms with Crippen LogP contribution >= 0.6 is 0 Å². The number of carbonyl (C=O) groups is 1. The summed E-state index contributed by atoms with van der Waals surface area (Å²) in [5.74, 6) is 1.18. The molecule has 3 rings (SSSR count). The fourth-order valence-electron chi connectivity index (χ4n) is 3.33. The van der Waals surface area contributed by atoms with Gasteiger partial charge in [0.25, 0.3) is 0 Å². The molecule has 0 spiro atoms. The van der Waals surface area contributed by atoms with Gasteiger partial charge in [-0.05, 0) is 38.3 Å². The van der Waals surface area contributed by atoms with Crippen molar-refractivity contribution >= 4 is 22.6 Å². The van der Waals surface area contributed by atoms with Gasteiger partial charge in [-0.25, -0.2) is 9.97 Å². The molecule has 1 aliphatic rings. The van der Waals surface area contributed by atoms with Crippen molar-refractivity contribution in [2.45, 2.75) is 39.5 Å². The highest BCUT2D eigenvalue weighted by Gasteiger charge is 2.27. The highest BCUT2D eigenvalue weighted by Crippen LogP contribution is 2.28. The van der Waals surface area contributed by atoms with Gasteiger partial charge < -0.3 is 10.2 Å².